The van der Waals surface area contributed by atoms with Crippen molar-refractivity contribution in [2.45, 2.75) is 63.6 Å². The molecule has 156 valence electrons. The van der Waals surface area contributed by atoms with Crippen LogP contribution in [0.1, 0.15) is 70.4 Å². The molecule has 2 saturated carbocycles. The summed E-state index contributed by atoms with van der Waals surface area (Å²) in [6.45, 7) is 2.61. The third kappa shape index (κ3) is 3.21. The van der Waals surface area contributed by atoms with Gasteiger partial charge >= 0.3 is 0 Å². The van der Waals surface area contributed by atoms with Crippen molar-refractivity contribution in [2.24, 2.45) is 0 Å². The first-order valence-electron chi connectivity index (χ1n) is 11.0. The van der Waals surface area contributed by atoms with Crippen molar-refractivity contribution in [3.63, 3.8) is 0 Å². The van der Waals surface area contributed by atoms with Crippen molar-refractivity contribution >= 4 is 11.8 Å². The number of rotatable bonds is 5. The Morgan fingerprint density at radius 2 is 1.90 bits per heavy atom. The molecule has 2 aliphatic carbocycles. The molecule has 1 heterocycles. The number of nitrogens with one attached hydrogen (secondary N) is 1. The Balaban J connectivity index is 1.45. The van der Waals surface area contributed by atoms with Crippen molar-refractivity contribution in [1.29, 1.82) is 0 Å². The topological polar surface area (TPSA) is 69.6 Å². The van der Waals surface area contributed by atoms with Crippen LogP contribution in [-0.4, -0.2) is 40.0 Å². The summed E-state index contributed by atoms with van der Waals surface area (Å²) in [5.74, 6) is 0.00849. The molecule has 5 heteroatoms. The van der Waals surface area contributed by atoms with E-state index < -0.39 is 5.54 Å². The molecule has 30 heavy (non-hydrogen) atoms. The summed E-state index contributed by atoms with van der Waals surface area (Å²) in [6.07, 6.45) is 5.98. The summed E-state index contributed by atoms with van der Waals surface area (Å²) in [7, 11) is 0. The van der Waals surface area contributed by atoms with E-state index in [4.69, 9.17) is 0 Å². The van der Waals surface area contributed by atoms with Gasteiger partial charge in [-0.1, -0.05) is 25.0 Å². The Hall–Kier alpha value is -2.66. The zero-order valence-corrected chi connectivity index (χ0v) is 17.4. The Labute approximate surface area is 177 Å². The van der Waals surface area contributed by atoms with Gasteiger partial charge in [-0.05, 0) is 79.1 Å². The summed E-state index contributed by atoms with van der Waals surface area (Å²) in [4.78, 5) is 27.5. The van der Waals surface area contributed by atoms with Gasteiger partial charge < -0.3 is 15.3 Å². The second-order valence-electron chi connectivity index (χ2n) is 9.13. The SMILES string of the molecule is Cc1ccc(C(=O)NC2CC2)cc1-c1ccc2c(c1)CN(C1(CO)CCCC1)C2=O. The minimum absolute atomic E-state index is 0.0209. The predicted octanol–water partition coefficient (Wildman–Crippen LogP) is 3.82. The highest BCUT2D eigenvalue weighted by Gasteiger charge is 2.45. The number of aryl methyl sites for hydroxylation is 1. The van der Waals surface area contributed by atoms with Gasteiger partial charge in [0.2, 0.25) is 0 Å². The molecule has 0 radical (unpaired) electrons. The van der Waals surface area contributed by atoms with E-state index >= 15 is 0 Å². The Morgan fingerprint density at radius 3 is 2.60 bits per heavy atom. The van der Waals surface area contributed by atoms with Crippen molar-refractivity contribution in [3.8, 4) is 11.1 Å². The maximum absolute atomic E-state index is 13.1. The number of amides is 2. The van der Waals surface area contributed by atoms with Crippen LogP contribution in [0, 0.1) is 6.92 Å². The summed E-state index contributed by atoms with van der Waals surface area (Å²) in [5.41, 5.74) is 5.14. The number of nitrogens with zero attached hydrogens (tertiary/aromatic N) is 1. The quantitative estimate of drug-likeness (QED) is 0.796. The minimum atomic E-state index is -0.410. The largest absolute Gasteiger partial charge is 0.394 e. The molecule has 0 unspecified atom stereocenters. The highest BCUT2D eigenvalue weighted by molar-refractivity contribution is 6.00. The smallest absolute Gasteiger partial charge is 0.255 e. The molecule has 5 rings (SSSR count). The molecule has 2 amide bonds. The zero-order chi connectivity index (χ0) is 20.9. The maximum Gasteiger partial charge on any atom is 0.255 e. The highest BCUT2D eigenvalue weighted by atomic mass is 16.3. The number of carbonyl (C=O) groups is 2. The van der Waals surface area contributed by atoms with Crippen molar-refractivity contribution in [2.75, 3.05) is 6.61 Å². The molecule has 0 aromatic heterocycles. The molecule has 0 spiro atoms. The van der Waals surface area contributed by atoms with Gasteiger partial charge in [0.15, 0.2) is 0 Å². The van der Waals surface area contributed by atoms with Crippen LogP contribution in [0.4, 0.5) is 0 Å². The van der Waals surface area contributed by atoms with Gasteiger partial charge in [-0.3, -0.25) is 9.59 Å². The Bertz CT molecular complexity index is 1020. The molecule has 0 saturated heterocycles. The molecule has 2 aromatic carbocycles. The molecular weight excluding hydrogens is 376 g/mol. The van der Waals surface area contributed by atoms with E-state index in [1.54, 1.807) is 0 Å². The number of fused-ring (bicyclic) bond motifs is 1. The van der Waals surface area contributed by atoms with Crippen LogP contribution < -0.4 is 5.32 Å². The van der Waals surface area contributed by atoms with Crippen LogP contribution in [0.5, 0.6) is 0 Å². The van der Waals surface area contributed by atoms with Crippen molar-refractivity contribution in [3.05, 3.63) is 58.7 Å². The monoisotopic (exact) mass is 404 g/mol. The van der Waals surface area contributed by atoms with Gasteiger partial charge in [0.05, 0.1) is 12.1 Å². The van der Waals surface area contributed by atoms with Crippen LogP contribution in [0.25, 0.3) is 11.1 Å². The fourth-order valence-corrected chi connectivity index (χ4v) is 4.99. The average molecular weight is 405 g/mol. The number of aliphatic hydroxyl groups is 1. The summed E-state index contributed by atoms with van der Waals surface area (Å²) < 4.78 is 0. The lowest BCUT2D eigenvalue weighted by molar-refractivity contribution is 0.0275. The van der Waals surface area contributed by atoms with Gasteiger partial charge in [-0.25, -0.2) is 0 Å². The Morgan fingerprint density at radius 1 is 1.13 bits per heavy atom. The standard InChI is InChI=1S/C25H28N2O3/c1-16-4-5-18(23(29)26-20-7-8-20)13-22(16)17-6-9-21-19(12-17)14-27(24(21)30)25(15-28)10-2-3-11-25/h4-6,9,12-13,20,28H,2-3,7-8,10-11,14-15H2,1H3,(H,26,29). The van der Waals surface area contributed by atoms with Crippen LogP contribution in [0.3, 0.4) is 0 Å². The molecule has 0 atom stereocenters. The first-order chi connectivity index (χ1) is 14.5. The summed E-state index contributed by atoms with van der Waals surface area (Å²) >= 11 is 0. The second-order valence-corrected chi connectivity index (χ2v) is 9.13. The van der Waals surface area contributed by atoms with E-state index in [9.17, 15) is 14.7 Å². The van der Waals surface area contributed by atoms with Gasteiger partial charge in [0.1, 0.15) is 0 Å². The highest BCUT2D eigenvalue weighted by Crippen LogP contribution is 2.41. The summed E-state index contributed by atoms with van der Waals surface area (Å²) in [6, 6.07) is 12.1. The molecule has 0 bridgehead atoms. The van der Waals surface area contributed by atoms with E-state index in [0.717, 1.165) is 66.3 Å². The Kier molecular flexibility index (Phi) is 4.66. The lowest BCUT2D eigenvalue weighted by Gasteiger charge is -2.37. The van der Waals surface area contributed by atoms with Crippen molar-refractivity contribution < 1.29 is 14.7 Å². The van der Waals surface area contributed by atoms with Crippen molar-refractivity contribution in [1.82, 2.24) is 10.2 Å². The maximum atomic E-state index is 13.1. The third-order valence-corrected chi connectivity index (χ3v) is 7.03. The number of carbonyl (C=O) groups excluding carboxylic acids is 2. The van der Waals surface area contributed by atoms with E-state index in [2.05, 4.69) is 11.4 Å². The second kappa shape index (κ2) is 7.24. The zero-order valence-electron chi connectivity index (χ0n) is 17.4. The average Bonchev–Trinajstić information content (AvgIpc) is 3.32. The molecule has 2 fully saturated rings. The van der Waals surface area contributed by atoms with Gasteiger partial charge in [-0.15, -0.1) is 0 Å². The molecule has 2 aromatic rings. The van der Waals surface area contributed by atoms with E-state index in [1.807, 2.05) is 42.2 Å². The van der Waals surface area contributed by atoms with E-state index in [-0.39, 0.29) is 18.4 Å². The molecule has 1 aliphatic heterocycles. The predicted molar refractivity (Wildman–Crippen MR) is 115 cm³/mol. The molecule has 5 nitrogen and oxygen atoms in total. The molecular formula is C25H28N2O3. The van der Waals surface area contributed by atoms with Gasteiger partial charge in [0, 0.05) is 23.7 Å². The number of aliphatic hydroxyl groups excluding tert-OH is 1. The van der Waals surface area contributed by atoms with Crippen LogP contribution >= 0.6 is 0 Å². The number of benzene rings is 2. The minimum Gasteiger partial charge on any atom is -0.394 e. The lowest BCUT2D eigenvalue weighted by Crippen LogP contribution is -2.49. The van der Waals surface area contributed by atoms with Gasteiger partial charge in [-0.2, -0.15) is 0 Å². The first kappa shape index (κ1) is 19.3. The molecule has 3 aliphatic rings. The number of hydrogen-bond acceptors (Lipinski definition) is 3. The summed E-state index contributed by atoms with van der Waals surface area (Å²) in [5, 5.41) is 13.1. The molecule has 2 N–H and O–H groups in total. The number of hydrogen-bond donors (Lipinski definition) is 2. The lowest BCUT2D eigenvalue weighted by atomic mass is 9.95. The van der Waals surface area contributed by atoms with E-state index in [1.165, 1.54) is 0 Å². The van der Waals surface area contributed by atoms with Crippen LogP contribution in [-0.2, 0) is 6.54 Å². The fourth-order valence-electron chi connectivity index (χ4n) is 4.99. The van der Waals surface area contributed by atoms with E-state index in [0.29, 0.717) is 18.2 Å². The van der Waals surface area contributed by atoms with Crippen LogP contribution in [0.2, 0.25) is 0 Å². The first-order valence-corrected chi connectivity index (χ1v) is 11.0. The third-order valence-electron chi connectivity index (χ3n) is 7.03. The fraction of sp³-hybridized carbons (Fsp3) is 0.440. The normalized spacial score (nSPS) is 19.8. The van der Waals surface area contributed by atoms with Gasteiger partial charge in [0.25, 0.3) is 11.8 Å². The van der Waals surface area contributed by atoms with Crippen LogP contribution in [0.15, 0.2) is 36.4 Å².